The minimum Gasteiger partial charge on any atom is -0.496 e. The fourth-order valence-corrected chi connectivity index (χ4v) is 4.94. The molecule has 4 rings (SSSR count). The molecule has 1 aromatic heterocycles. The summed E-state index contributed by atoms with van der Waals surface area (Å²) in [6.07, 6.45) is 2.97. The molecular formula is C19H21N3OS. The van der Waals surface area contributed by atoms with Crippen LogP contribution in [0.1, 0.15) is 36.7 Å². The highest BCUT2D eigenvalue weighted by molar-refractivity contribution is 8.14. The highest BCUT2D eigenvalue weighted by Gasteiger charge is 2.46. The number of pyridine rings is 1. The molecule has 24 heavy (non-hydrogen) atoms. The van der Waals surface area contributed by atoms with Gasteiger partial charge in [-0.1, -0.05) is 43.0 Å². The molecule has 3 atom stereocenters. The van der Waals surface area contributed by atoms with Gasteiger partial charge in [0, 0.05) is 23.6 Å². The lowest BCUT2D eigenvalue weighted by atomic mass is 9.94. The summed E-state index contributed by atoms with van der Waals surface area (Å²) in [6.45, 7) is 2.25. The molecule has 124 valence electrons. The van der Waals surface area contributed by atoms with Gasteiger partial charge in [-0.25, -0.2) is 0 Å². The van der Waals surface area contributed by atoms with E-state index in [1.807, 2.05) is 42.2 Å². The van der Waals surface area contributed by atoms with Crippen molar-refractivity contribution in [3.8, 4) is 5.75 Å². The Kier molecular flexibility index (Phi) is 4.19. The minimum absolute atomic E-state index is 0.0133. The molecule has 0 amide bonds. The lowest BCUT2D eigenvalue weighted by Gasteiger charge is -2.32. The van der Waals surface area contributed by atoms with Gasteiger partial charge in [0.15, 0.2) is 5.17 Å². The van der Waals surface area contributed by atoms with Gasteiger partial charge in [-0.15, -0.1) is 0 Å². The Morgan fingerprint density at radius 1 is 1.21 bits per heavy atom. The molecule has 0 aliphatic carbocycles. The minimum atomic E-state index is 0.0133. The van der Waals surface area contributed by atoms with Gasteiger partial charge in [0.2, 0.25) is 0 Å². The summed E-state index contributed by atoms with van der Waals surface area (Å²) in [5, 5.41) is 1.15. The number of fused-ring (bicyclic) bond motifs is 1. The molecule has 0 saturated carbocycles. The molecule has 2 aliphatic heterocycles. The first kappa shape index (κ1) is 15.5. The second-order valence-electron chi connectivity index (χ2n) is 6.08. The molecule has 1 saturated heterocycles. The van der Waals surface area contributed by atoms with Crippen molar-refractivity contribution in [2.24, 2.45) is 4.99 Å². The van der Waals surface area contributed by atoms with Crippen LogP contribution in [0.2, 0.25) is 0 Å². The van der Waals surface area contributed by atoms with Crippen molar-refractivity contribution < 1.29 is 4.74 Å². The van der Waals surface area contributed by atoms with Gasteiger partial charge in [-0.3, -0.25) is 9.98 Å². The molecule has 2 aliphatic rings. The molecule has 5 heteroatoms. The molecule has 2 aromatic rings. The Labute approximate surface area is 147 Å². The normalized spacial score (nSPS) is 25.5. The predicted octanol–water partition coefficient (Wildman–Crippen LogP) is 4.07. The largest absolute Gasteiger partial charge is 0.496 e. The van der Waals surface area contributed by atoms with Gasteiger partial charge in [0.1, 0.15) is 11.8 Å². The summed E-state index contributed by atoms with van der Waals surface area (Å²) in [5.74, 6) is 2.03. The molecule has 0 N–H and O–H groups in total. The SMILES string of the molecule is CC[C@@H]1CSC2=N[C@@H](c3ccccn3)[C@H](c3ccccc3OC)N21. The van der Waals surface area contributed by atoms with Crippen molar-refractivity contribution in [3.05, 3.63) is 59.9 Å². The van der Waals surface area contributed by atoms with E-state index < -0.39 is 0 Å². The zero-order valence-corrected chi connectivity index (χ0v) is 14.7. The average molecular weight is 339 g/mol. The molecular weight excluding hydrogens is 318 g/mol. The third-order valence-electron chi connectivity index (χ3n) is 4.79. The van der Waals surface area contributed by atoms with E-state index >= 15 is 0 Å². The maximum absolute atomic E-state index is 5.65. The molecule has 0 bridgehead atoms. The monoisotopic (exact) mass is 339 g/mol. The van der Waals surface area contributed by atoms with Crippen LogP contribution < -0.4 is 4.74 Å². The Morgan fingerprint density at radius 2 is 2.04 bits per heavy atom. The standard InChI is InChI=1S/C19H21N3OS/c1-3-13-12-24-19-21-17(15-9-6-7-11-20-15)18(22(13)19)14-8-4-5-10-16(14)23-2/h4-11,13,17-18H,3,12H2,1-2H3/t13-,17+,18+/m1/s1. The van der Waals surface area contributed by atoms with Crippen LogP contribution in [0, 0.1) is 0 Å². The van der Waals surface area contributed by atoms with E-state index in [4.69, 9.17) is 9.73 Å². The van der Waals surface area contributed by atoms with Crippen LogP contribution in [0.25, 0.3) is 0 Å². The molecule has 0 spiro atoms. The van der Waals surface area contributed by atoms with E-state index in [2.05, 4.69) is 35.0 Å². The second kappa shape index (κ2) is 6.48. The van der Waals surface area contributed by atoms with Crippen LogP contribution in [0.5, 0.6) is 5.75 Å². The van der Waals surface area contributed by atoms with E-state index in [1.165, 1.54) is 5.56 Å². The third-order valence-corrected chi connectivity index (χ3v) is 5.91. The van der Waals surface area contributed by atoms with Crippen LogP contribution in [0.15, 0.2) is 53.7 Å². The first-order valence-corrected chi connectivity index (χ1v) is 9.34. The zero-order valence-electron chi connectivity index (χ0n) is 13.9. The highest BCUT2D eigenvalue weighted by Crippen LogP contribution is 2.50. The van der Waals surface area contributed by atoms with Crippen LogP contribution in [-0.4, -0.2) is 34.0 Å². The molecule has 4 nitrogen and oxygen atoms in total. The van der Waals surface area contributed by atoms with Crippen LogP contribution in [0.3, 0.4) is 0 Å². The van der Waals surface area contributed by atoms with Crippen LogP contribution >= 0.6 is 11.8 Å². The summed E-state index contributed by atoms with van der Waals surface area (Å²) in [6, 6.07) is 15.0. The van der Waals surface area contributed by atoms with E-state index in [9.17, 15) is 0 Å². The zero-order chi connectivity index (χ0) is 16.5. The fraction of sp³-hybridized carbons (Fsp3) is 0.368. The van der Waals surface area contributed by atoms with Crippen molar-refractivity contribution in [2.45, 2.75) is 31.5 Å². The average Bonchev–Trinajstić information content (AvgIpc) is 3.21. The Balaban J connectivity index is 1.83. The maximum Gasteiger partial charge on any atom is 0.160 e. The van der Waals surface area contributed by atoms with Crippen LogP contribution in [0.4, 0.5) is 0 Å². The number of nitrogens with zero attached hydrogens (tertiary/aromatic N) is 3. The summed E-state index contributed by atoms with van der Waals surface area (Å²) in [7, 11) is 1.74. The van der Waals surface area contributed by atoms with E-state index in [0.717, 1.165) is 28.8 Å². The molecule has 1 fully saturated rings. The number of aromatic nitrogens is 1. The summed E-state index contributed by atoms with van der Waals surface area (Å²) in [5.41, 5.74) is 2.21. The van der Waals surface area contributed by atoms with E-state index in [0.29, 0.717) is 6.04 Å². The number of aliphatic imine (C=N–C) groups is 1. The first-order valence-electron chi connectivity index (χ1n) is 8.36. The molecule has 0 unspecified atom stereocenters. The van der Waals surface area contributed by atoms with Crippen molar-refractivity contribution in [3.63, 3.8) is 0 Å². The number of benzene rings is 1. The van der Waals surface area contributed by atoms with Crippen molar-refractivity contribution in [2.75, 3.05) is 12.9 Å². The number of hydrogen-bond donors (Lipinski definition) is 0. The lowest BCUT2D eigenvalue weighted by molar-refractivity contribution is 0.249. The molecule has 1 aromatic carbocycles. The molecule has 0 radical (unpaired) electrons. The number of para-hydroxylation sites is 1. The van der Waals surface area contributed by atoms with Gasteiger partial charge in [0.25, 0.3) is 0 Å². The number of thioether (sulfide) groups is 1. The Bertz CT molecular complexity index is 749. The maximum atomic E-state index is 5.65. The second-order valence-corrected chi connectivity index (χ2v) is 7.07. The number of methoxy groups -OCH3 is 1. The molecule has 3 heterocycles. The van der Waals surface area contributed by atoms with Crippen molar-refractivity contribution in [1.29, 1.82) is 0 Å². The number of rotatable bonds is 4. The third kappa shape index (κ3) is 2.47. The smallest absolute Gasteiger partial charge is 0.160 e. The van der Waals surface area contributed by atoms with Gasteiger partial charge in [-0.2, -0.15) is 0 Å². The van der Waals surface area contributed by atoms with Crippen molar-refractivity contribution >= 4 is 16.9 Å². The summed E-state index contributed by atoms with van der Waals surface area (Å²) < 4.78 is 5.65. The predicted molar refractivity (Wildman–Crippen MR) is 98.5 cm³/mol. The quantitative estimate of drug-likeness (QED) is 0.841. The van der Waals surface area contributed by atoms with Gasteiger partial charge in [0.05, 0.1) is 18.8 Å². The van der Waals surface area contributed by atoms with E-state index in [-0.39, 0.29) is 12.1 Å². The first-order chi connectivity index (χ1) is 11.8. The number of hydrogen-bond acceptors (Lipinski definition) is 5. The lowest BCUT2D eigenvalue weighted by Crippen LogP contribution is -2.35. The van der Waals surface area contributed by atoms with Crippen molar-refractivity contribution in [1.82, 2.24) is 9.88 Å². The highest BCUT2D eigenvalue weighted by atomic mass is 32.2. The van der Waals surface area contributed by atoms with Gasteiger partial charge >= 0.3 is 0 Å². The fourth-order valence-electron chi connectivity index (χ4n) is 3.60. The Morgan fingerprint density at radius 3 is 2.79 bits per heavy atom. The Hall–Kier alpha value is -2.01. The summed E-state index contributed by atoms with van der Waals surface area (Å²) >= 11 is 1.86. The van der Waals surface area contributed by atoms with E-state index in [1.54, 1.807) is 7.11 Å². The number of amidine groups is 1. The number of ether oxygens (including phenoxy) is 1. The van der Waals surface area contributed by atoms with Gasteiger partial charge < -0.3 is 9.64 Å². The topological polar surface area (TPSA) is 37.7 Å². The van der Waals surface area contributed by atoms with Crippen LogP contribution in [-0.2, 0) is 0 Å². The summed E-state index contributed by atoms with van der Waals surface area (Å²) in [4.78, 5) is 12.1. The van der Waals surface area contributed by atoms with Gasteiger partial charge in [-0.05, 0) is 24.6 Å².